The SMILES string of the molecule is COc1ccc(C)cc1Oc1ccccn1. The molecule has 2 rings (SSSR count). The molecular weight excluding hydrogens is 202 g/mol. The average molecular weight is 215 g/mol. The van der Waals surface area contributed by atoms with Gasteiger partial charge in [-0.15, -0.1) is 0 Å². The van der Waals surface area contributed by atoms with Gasteiger partial charge in [0.15, 0.2) is 11.5 Å². The number of nitrogens with zero attached hydrogens (tertiary/aromatic N) is 1. The minimum Gasteiger partial charge on any atom is -0.493 e. The summed E-state index contributed by atoms with van der Waals surface area (Å²) in [5, 5.41) is 0. The molecule has 0 unspecified atom stereocenters. The van der Waals surface area contributed by atoms with Crippen molar-refractivity contribution in [1.82, 2.24) is 4.98 Å². The number of methoxy groups -OCH3 is 1. The third-order valence-electron chi connectivity index (χ3n) is 2.17. The van der Waals surface area contributed by atoms with Crippen molar-refractivity contribution in [3.8, 4) is 17.4 Å². The molecule has 0 saturated carbocycles. The third-order valence-corrected chi connectivity index (χ3v) is 2.17. The van der Waals surface area contributed by atoms with E-state index < -0.39 is 0 Å². The van der Waals surface area contributed by atoms with E-state index in [1.54, 1.807) is 13.3 Å². The number of pyridine rings is 1. The molecule has 0 saturated heterocycles. The molecule has 0 N–H and O–H groups in total. The van der Waals surface area contributed by atoms with E-state index in [-0.39, 0.29) is 0 Å². The summed E-state index contributed by atoms with van der Waals surface area (Å²) in [7, 11) is 1.62. The third kappa shape index (κ3) is 2.31. The van der Waals surface area contributed by atoms with Gasteiger partial charge in [0, 0.05) is 12.3 Å². The van der Waals surface area contributed by atoms with Gasteiger partial charge in [0.1, 0.15) is 0 Å². The summed E-state index contributed by atoms with van der Waals surface area (Å²) < 4.78 is 10.9. The fourth-order valence-electron chi connectivity index (χ4n) is 1.38. The monoisotopic (exact) mass is 215 g/mol. The molecule has 16 heavy (non-hydrogen) atoms. The molecule has 0 atom stereocenters. The zero-order valence-electron chi connectivity index (χ0n) is 9.31. The maximum absolute atomic E-state index is 5.65. The molecule has 1 aromatic carbocycles. The lowest BCUT2D eigenvalue weighted by Crippen LogP contribution is -1.92. The van der Waals surface area contributed by atoms with E-state index in [9.17, 15) is 0 Å². The second-order valence-corrected chi connectivity index (χ2v) is 3.42. The van der Waals surface area contributed by atoms with E-state index in [2.05, 4.69) is 4.98 Å². The summed E-state index contributed by atoms with van der Waals surface area (Å²) in [6, 6.07) is 11.3. The predicted octanol–water partition coefficient (Wildman–Crippen LogP) is 3.19. The Labute approximate surface area is 94.7 Å². The van der Waals surface area contributed by atoms with Crippen molar-refractivity contribution in [2.45, 2.75) is 6.92 Å². The summed E-state index contributed by atoms with van der Waals surface area (Å²) in [4.78, 5) is 4.10. The van der Waals surface area contributed by atoms with Gasteiger partial charge >= 0.3 is 0 Å². The van der Waals surface area contributed by atoms with Crippen LogP contribution in [0.5, 0.6) is 17.4 Å². The van der Waals surface area contributed by atoms with Gasteiger partial charge in [-0.05, 0) is 30.7 Å². The number of benzene rings is 1. The zero-order valence-corrected chi connectivity index (χ0v) is 9.31. The van der Waals surface area contributed by atoms with Gasteiger partial charge in [-0.2, -0.15) is 0 Å². The van der Waals surface area contributed by atoms with Crippen LogP contribution in [0, 0.1) is 6.92 Å². The molecule has 0 bridgehead atoms. The van der Waals surface area contributed by atoms with Gasteiger partial charge < -0.3 is 9.47 Å². The Morgan fingerprint density at radius 1 is 1.06 bits per heavy atom. The highest BCUT2D eigenvalue weighted by Crippen LogP contribution is 2.31. The Kier molecular flexibility index (Phi) is 3.05. The maximum Gasteiger partial charge on any atom is 0.219 e. The molecule has 0 fully saturated rings. The first-order valence-electron chi connectivity index (χ1n) is 5.03. The topological polar surface area (TPSA) is 31.4 Å². The average Bonchev–Trinajstić information content (AvgIpc) is 2.31. The lowest BCUT2D eigenvalue weighted by molar-refractivity contribution is 0.374. The highest BCUT2D eigenvalue weighted by molar-refractivity contribution is 5.44. The zero-order chi connectivity index (χ0) is 11.4. The number of aromatic nitrogens is 1. The van der Waals surface area contributed by atoms with Crippen LogP contribution in [0.4, 0.5) is 0 Å². The second kappa shape index (κ2) is 4.66. The lowest BCUT2D eigenvalue weighted by Gasteiger charge is -2.09. The molecule has 0 spiro atoms. The summed E-state index contributed by atoms with van der Waals surface area (Å²) in [6.07, 6.45) is 1.69. The van der Waals surface area contributed by atoms with Crippen molar-refractivity contribution in [2.75, 3.05) is 7.11 Å². The van der Waals surface area contributed by atoms with Crippen LogP contribution < -0.4 is 9.47 Å². The Bertz CT molecular complexity index is 469. The summed E-state index contributed by atoms with van der Waals surface area (Å²) in [5.41, 5.74) is 1.12. The van der Waals surface area contributed by atoms with Crippen molar-refractivity contribution in [3.05, 3.63) is 48.2 Å². The maximum atomic E-state index is 5.65. The first-order chi connectivity index (χ1) is 7.79. The van der Waals surface area contributed by atoms with Crippen molar-refractivity contribution >= 4 is 0 Å². The van der Waals surface area contributed by atoms with Crippen molar-refractivity contribution in [2.24, 2.45) is 0 Å². The van der Waals surface area contributed by atoms with Gasteiger partial charge in [0.2, 0.25) is 5.88 Å². The van der Waals surface area contributed by atoms with E-state index in [4.69, 9.17) is 9.47 Å². The van der Waals surface area contributed by atoms with Gasteiger partial charge in [0.05, 0.1) is 7.11 Å². The van der Waals surface area contributed by atoms with E-state index in [0.29, 0.717) is 17.4 Å². The van der Waals surface area contributed by atoms with Crippen LogP contribution in [0.15, 0.2) is 42.6 Å². The molecule has 0 aliphatic heterocycles. The second-order valence-electron chi connectivity index (χ2n) is 3.42. The minimum absolute atomic E-state index is 0.561. The minimum atomic E-state index is 0.561. The molecule has 82 valence electrons. The van der Waals surface area contributed by atoms with Crippen LogP contribution in [-0.2, 0) is 0 Å². The Balaban J connectivity index is 2.30. The van der Waals surface area contributed by atoms with E-state index in [1.165, 1.54) is 0 Å². The number of rotatable bonds is 3. The van der Waals surface area contributed by atoms with E-state index in [1.807, 2.05) is 43.3 Å². The molecular formula is C13H13NO2. The predicted molar refractivity (Wildman–Crippen MR) is 62.0 cm³/mol. The van der Waals surface area contributed by atoms with Crippen LogP contribution in [0.1, 0.15) is 5.56 Å². The highest BCUT2D eigenvalue weighted by atomic mass is 16.5. The van der Waals surface area contributed by atoms with Gasteiger partial charge in [-0.1, -0.05) is 12.1 Å². The molecule has 0 aliphatic carbocycles. The molecule has 0 amide bonds. The smallest absolute Gasteiger partial charge is 0.219 e. The highest BCUT2D eigenvalue weighted by Gasteiger charge is 2.05. The number of hydrogen-bond acceptors (Lipinski definition) is 3. The normalized spacial score (nSPS) is 9.88. The molecule has 3 nitrogen and oxygen atoms in total. The van der Waals surface area contributed by atoms with Gasteiger partial charge in [-0.3, -0.25) is 0 Å². The molecule has 1 heterocycles. The molecule has 2 aromatic rings. The van der Waals surface area contributed by atoms with Crippen molar-refractivity contribution in [1.29, 1.82) is 0 Å². The summed E-state index contributed by atoms with van der Waals surface area (Å²) in [5.74, 6) is 1.95. The molecule has 0 radical (unpaired) electrons. The standard InChI is InChI=1S/C13H13NO2/c1-10-6-7-11(15-2)12(9-10)16-13-5-3-4-8-14-13/h3-9H,1-2H3. The van der Waals surface area contributed by atoms with Crippen molar-refractivity contribution in [3.63, 3.8) is 0 Å². The molecule has 1 aromatic heterocycles. The number of hydrogen-bond donors (Lipinski definition) is 0. The fraction of sp³-hybridized carbons (Fsp3) is 0.154. The van der Waals surface area contributed by atoms with Crippen LogP contribution in [0.2, 0.25) is 0 Å². The Hall–Kier alpha value is -2.03. The molecule has 0 aliphatic rings. The summed E-state index contributed by atoms with van der Waals surface area (Å²) in [6.45, 7) is 2.00. The first kappa shape index (κ1) is 10.5. The fourth-order valence-corrected chi connectivity index (χ4v) is 1.38. The summed E-state index contributed by atoms with van der Waals surface area (Å²) >= 11 is 0. The molecule has 3 heteroatoms. The van der Waals surface area contributed by atoms with E-state index in [0.717, 1.165) is 5.56 Å². The quantitative estimate of drug-likeness (QED) is 0.787. The largest absolute Gasteiger partial charge is 0.493 e. The van der Waals surface area contributed by atoms with Crippen molar-refractivity contribution < 1.29 is 9.47 Å². The number of aryl methyl sites for hydroxylation is 1. The van der Waals surface area contributed by atoms with Crippen LogP contribution in [0.3, 0.4) is 0 Å². The van der Waals surface area contributed by atoms with Crippen LogP contribution in [-0.4, -0.2) is 12.1 Å². The van der Waals surface area contributed by atoms with Crippen LogP contribution >= 0.6 is 0 Å². The van der Waals surface area contributed by atoms with Crippen LogP contribution in [0.25, 0.3) is 0 Å². The Morgan fingerprint density at radius 2 is 1.94 bits per heavy atom. The first-order valence-corrected chi connectivity index (χ1v) is 5.03. The Morgan fingerprint density at radius 3 is 2.62 bits per heavy atom. The number of ether oxygens (including phenoxy) is 2. The van der Waals surface area contributed by atoms with Gasteiger partial charge in [-0.25, -0.2) is 4.98 Å². The lowest BCUT2D eigenvalue weighted by atomic mass is 10.2. The van der Waals surface area contributed by atoms with E-state index >= 15 is 0 Å². The van der Waals surface area contributed by atoms with Gasteiger partial charge in [0.25, 0.3) is 0 Å².